The third kappa shape index (κ3) is 3.02. The van der Waals surface area contributed by atoms with Crippen LogP contribution in [0.4, 0.5) is 13.2 Å². The second-order valence-corrected chi connectivity index (χ2v) is 7.06. The molecule has 4 heterocycles. The average molecular weight is 393 g/mol. The van der Waals surface area contributed by atoms with Gasteiger partial charge in [-0.2, -0.15) is 18.3 Å². The first kappa shape index (κ1) is 18.5. The highest BCUT2D eigenvalue weighted by Gasteiger charge is 2.36. The molecule has 0 saturated carbocycles. The van der Waals surface area contributed by atoms with Crippen LogP contribution in [0.25, 0.3) is 5.65 Å². The van der Waals surface area contributed by atoms with Gasteiger partial charge in [-0.15, -0.1) is 0 Å². The molecule has 10 heteroatoms. The number of alkyl halides is 3. The van der Waals surface area contributed by atoms with Crippen molar-refractivity contribution < 1.29 is 22.5 Å². The van der Waals surface area contributed by atoms with Gasteiger partial charge in [0.25, 0.3) is 5.91 Å². The first-order valence-corrected chi connectivity index (χ1v) is 8.82. The molecule has 1 aliphatic rings. The number of halogens is 3. The molecule has 0 aromatic carbocycles. The summed E-state index contributed by atoms with van der Waals surface area (Å²) in [5, 5.41) is 7.96. The van der Waals surface area contributed by atoms with Crippen LogP contribution in [-0.4, -0.2) is 43.7 Å². The van der Waals surface area contributed by atoms with E-state index in [-0.39, 0.29) is 23.2 Å². The lowest BCUT2D eigenvalue weighted by Crippen LogP contribution is -2.29. The summed E-state index contributed by atoms with van der Waals surface area (Å²) in [6.45, 7) is 5.75. The molecule has 3 aromatic rings. The number of hydrogen-bond acceptors (Lipinski definition) is 5. The van der Waals surface area contributed by atoms with Crippen molar-refractivity contribution in [1.82, 2.24) is 24.7 Å². The first-order valence-electron chi connectivity index (χ1n) is 8.82. The van der Waals surface area contributed by atoms with Crippen molar-refractivity contribution in [3.63, 3.8) is 0 Å². The predicted octanol–water partition coefficient (Wildman–Crippen LogP) is 3.29. The van der Waals surface area contributed by atoms with Gasteiger partial charge < -0.3 is 9.42 Å². The Morgan fingerprint density at radius 2 is 2.00 bits per heavy atom. The number of hydrogen-bond donors (Lipinski definition) is 0. The Bertz CT molecular complexity index is 1050. The van der Waals surface area contributed by atoms with E-state index in [1.165, 1.54) is 6.92 Å². The molecule has 1 saturated heterocycles. The van der Waals surface area contributed by atoms with Crippen molar-refractivity contribution in [1.29, 1.82) is 0 Å². The van der Waals surface area contributed by atoms with Gasteiger partial charge in [0.05, 0.1) is 11.4 Å². The fraction of sp³-hybridized carbons (Fsp3) is 0.444. The SMILES string of the molecule is Cc1cc(C(F)(F)F)n2nc(C3CCN(C(=O)c4c(C)noc4C)C3)cc2n1. The van der Waals surface area contributed by atoms with Crippen LogP contribution >= 0.6 is 0 Å². The maximum Gasteiger partial charge on any atom is 0.433 e. The number of fused-ring (bicyclic) bond motifs is 1. The normalized spacial score (nSPS) is 17.6. The molecule has 28 heavy (non-hydrogen) atoms. The van der Waals surface area contributed by atoms with Crippen molar-refractivity contribution in [3.8, 4) is 0 Å². The van der Waals surface area contributed by atoms with E-state index in [0.717, 1.165) is 10.6 Å². The number of carbonyl (C=O) groups excluding carboxylic acids is 1. The van der Waals surface area contributed by atoms with E-state index in [1.54, 1.807) is 24.8 Å². The lowest BCUT2D eigenvalue weighted by atomic mass is 10.1. The summed E-state index contributed by atoms with van der Waals surface area (Å²) in [5.41, 5.74) is 1.02. The summed E-state index contributed by atoms with van der Waals surface area (Å²) < 4.78 is 45.9. The lowest BCUT2D eigenvalue weighted by molar-refractivity contribution is -0.142. The molecule has 1 aliphatic heterocycles. The molecule has 1 unspecified atom stereocenters. The van der Waals surface area contributed by atoms with Crippen LogP contribution in [0.5, 0.6) is 0 Å². The Kier molecular flexibility index (Phi) is 4.16. The van der Waals surface area contributed by atoms with Gasteiger partial charge in [-0.1, -0.05) is 5.16 Å². The molecule has 0 aliphatic carbocycles. The third-order valence-corrected chi connectivity index (χ3v) is 5.01. The molecule has 4 rings (SSSR count). The van der Waals surface area contributed by atoms with Gasteiger partial charge >= 0.3 is 6.18 Å². The summed E-state index contributed by atoms with van der Waals surface area (Å²) in [6.07, 6.45) is -3.92. The van der Waals surface area contributed by atoms with E-state index < -0.39 is 11.9 Å². The summed E-state index contributed by atoms with van der Waals surface area (Å²) in [6, 6.07) is 2.54. The number of carbonyl (C=O) groups is 1. The van der Waals surface area contributed by atoms with E-state index in [1.807, 2.05) is 0 Å². The lowest BCUT2D eigenvalue weighted by Gasteiger charge is -2.15. The Morgan fingerprint density at radius 1 is 1.25 bits per heavy atom. The van der Waals surface area contributed by atoms with E-state index >= 15 is 0 Å². The highest BCUT2D eigenvalue weighted by Crippen LogP contribution is 2.33. The van der Waals surface area contributed by atoms with Gasteiger partial charge in [0.2, 0.25) is 0 Å². The smallest absolute Gasteiger partial charge is 0.361 e. The fourth-order valence-corrected chi connectivity index (χ4v) is 3.65. The van der Waals surface area contributed by atoms with Crippen LogP contribution in [0.2, 0.25) is 0 Å². The fourth-order valence-electron chi connectivity index (χ4n) is 3.65. The summed E-state index contributed by atoms with van der Waals surface area (Å²) in [4.78, 5) is 18.6. The van der Waals surface area contributed by atoms with Gasteiger partial charge in [-0.3, -0.25) is 4.79 Å². The Morgan fingerprint density at radius 3 is 2.64 bits per heavy atom. The zero-order valence-corrected chi connectivity index (χ0v) is 15.5. The minimum atomic E-state index is -4.53. The molecule has 3 aromatic heterocycles. The minimum absolute atomic E-state index is 0.151. The molecule has 7 nitrogen and oxygen atoms in total. The van der Waals surface area contributed by atoms with E-state index in [0.29, 0.717) is 42.2 Å². The minimum Gasteiger partial charge on any atom is -0.361 e. The van der Waals surface area contributed by atoms with Crippen molar-refractivity contribution in [2.75, 3.05) is 13.1 Å². The highest BCUT2D eigenvalue weighted by molar-refractivity contribution is 5.96. The van der Waals surface area contributed by atoms with E-state index in [4.69, 9.17) is 4.52 Å². The second-order valence-electron chi connectivity index (χ2n) is 7.06. The molecule has 0 N–H and O–H groups in total. The van der Waals surface area contributed by atoms with Gasteiger partial charge in [-0.05, 0) is 33.3 Å². The van der Waals surface area contributed by atoms with Crippen molar-refractivity contribution in [3.05, 3.63) is 46.2 Å². The maximum absolute atomic E-state index is 13.3. The Balaban J connectivity index is 1.63. The van der Waals surface area contributed by atoms with Crippen LogP contribution in [-0.2, 0) is 6.18 Å². The number of nitrogens with zero attached hydrogens (tertiary/aromatic N) is 5. The van der Waals surface area contributed by atoms with Gasteiger partial charge in [0.1, 0.15) is 17.0 Å². The molecule has 1 fully saturated rings. The number of aromatic nitrogens is 4. The predicted molar refractivity (Wildman–Crippen MR) is 92.0 cm³/mol. The van der Waals surface area contributed by atoms with Crippen LogP contribution in [0, 0.1) is 20.8 Å². The van der Waals surface area contributed by atoms with Crippen LogP contribution in [0.1, 0.15) is 51.2 Å². The molecule has 0 spiro atoms. The molecular formula is C18H18F3N5O2. The standard InChI is InChI=1S/C18H18F3N5O2/c1-9-6-14(18(19,20)21)26-15(22-9)7-13(23-26)12-4-5-25(8-12)17(27)16-10(2)24-28-11(16)3/h6-7,12H,4-5,8H2,1-3H3. The molecule has 1 atom stereocenters. The van der Waals surface area contributed by atoms with Gasteiger partial charge in [-0.25, -0.2) is 9.50 Å². The third-order valence-electron chi connectivity index (χ3n) is 5.01. The van der Waals surface area contributed by atoms with E-state index in [9.17, 15) is 18.0 Å². The largest absolute Gasteiger partial charge is 0.433 e. The topological polar surface area (TPSA) is 76.5 Å². The molecule has 148 valence electrons. The Labute approximate surface area is 158 Å². The average Bonchev–Trinajstić information content (AvgIpc) is 3.31. The van der Waals surface area contributed by atoms with E-state index in [2.05, 4.69) is 15.2 Å². The molecular weight excluding hydrogens is 375 g/mol. The highest BCUT2D eigenvalue weighted by atomic mass is 19.4. The number of rotatable bonds is 2. The monoisotopic (exact) mass is 393 g/mol. The number of likely N-dealkylation sites (tertiary alicyclic amines) is 1. The number of aryl methyl sites for hydroxylation is 3. The van der Waals surface area contributed by atoms with Gasteiger partial charge in [0.15, 0.2) is 5.65 Å². The second kappa shape index (κ2) is 6.32. The van der Waals surface area contributed by atoms with Crippen molar-refractivity contribution >= 4 is 11.6 Å². The summed E-state index contributed by atoms with van der Waals surface area (Å²) in [7, 11) is 0. The van der Waals surface area contributed by atoms with Gasteiger partial charge in [0, 0.05) is 30.8 Å². The quantitative estimate of drug-likeness (QED) is 0.668. The zero-order valence-electron chi connectivity index (χ0n) is 15.5. The molecule has 1 amide bonds. The van der Waals surface area contributed by atoms with Crippen LogP contribution in [0.3, 0.4) is 0 Å². The first-order chi connectivity index (χ1) is 13.1. The molecule has 0 radical (unpaired) electrons. The molecule has 0 bridgehead atoms. The zero-order chi connectivity index (χ0) is 20.2. The maximum atomic E-state index is 13.3. The summed E-state index contributed by atoms with van der Waals surface area (Å²) in [5.74, 6) is 0.105. The summed E-state index contributed by atoms with van der Waals surface area (Å²) >= 11 is 0. The van der Waals surface area contributed by atoms with Crippen LogP contribution < -0.4 is 0 Å². The Hall–Kier alpha value is -2.91. The number of amides is 1. The van der Waals surface area contributed by atoms with Crippen LogP contribution in [0.15, 0.2) is 16.7 Å². The van der Waals surface area contributed by atoms with Crippen molar-refractivity contribution in [2.24, 2.45) is 0 Å². The van der Waals surface area contributed by atoms with Crippen molar-refractivity contribution in [2.45, 2.75) is 39.3 Å².